The first-order chi connectivity index (χ1) is 11.6. The summed E-state index contributed by atoms with van der Waals surface area (Å²) in [5.41, 5.74) is 0.184. The van der Waals surface area contributed by atoms with Gasteiger partial charge in [-0.3, -0.25) is 4.79 Å². The fraction of sp³-hybridized carbons (Fsp3) is 0.895. The van der Waals surface area contributed by atoms with Crippen LogP contribution in [0.5, 0.6) is 0 Å². The number of likely N-dealkylation sites (tertiary alicyclic amines) is 1. The Morgan fingerprint density at radius 3 is 2.75 bits per heavy atom. The molecule has 4 bridgehead atoms. The fourth-order valence-electron chi connectivity index (χ4n) is 6.42. The monoisotopic (exact) mass is 347 g/mol. The van der Waals surface area contributed by atoms with E-state index in [0.717, 1.165) is 31.2 Å². The first-order valence-corrected chi connectivity index (χ1v) is 10.6. The molecule has 0 aromatic heterocycles. The van der Waals surface area contributed by atoms with Gasteiger partial charge in [0.25, 0.3) is 0 Å². The van der Waals surface area contributed by atoms with Crippen LogP contribution in [0.15, 0.2) is 0 Å². The molecular weight excluding hydrogens is 318 g/mol. The van der Waals surface area contributed by atoms with Crippen molar-refractivity contribution in [2.24, 2.45) is 11.8 Å². The first kappa shape index (κ1) is 16.7. The van der Waals surface area contributed by atoms with Gasteiger partial charge in [0.1, 0.15) is 6.04 Å². The van der Waals surface area contributed by atoms with E-state index < -0.39 is 0 Å². The number of hydrogen-bond acceptors (Lipinski definition) is 4. The van der Waals surface area contributed by atoms with Crippen molar-refractivity contribution in [3.05, 3.63) is 0 Å². The van der Waals surface area contributed by atoms with E-state index in [9.17, 15) is 10.1 Å². The molecule has 24 heavy (non-hydrogen) atoms. The summed E-state index contributed by atoms with van der Waals surface area (Å²) in [6, 6.07) is 2.09. The van der Waals surface area contributed by atoms with Crippen molar-refractivity contribution in [3.8, 4) is 6.07 Å². The smallest absolute Gasteiger partial charge is 0.237 e. The maximum absolute atomic E-state index is 12.6. The van der Waals surface area contributed by atoms with E-state index in [1.807, 2.05) is 0 Å². The Balaban J connectivity index is 1.43. The molecule has 5 heteroatoms. The lowest BCUT2D eigenvalue weighted by atomic mass is 9.52. The van der Waals surface area contributed by atoms with Crippen LogP contribution in [-0.4, -0.2) is 46.0 Å². The lowest BCUT2D eigenvalue weighted by Gasteiger charge is -2.62. The third-order valence-corrected chi connectivity index (χ3v) is 8.17. The average molecular weight is 348 g/mol. The van der Waals surface area contributed by atoms with Crippen molar-refractivity contribution in [1.29, 1.82) is 5.26 Å². The van der Waals surface area contributed by atoms with Crippen LogP contribution in [-0.2, 0) is 4.79 Å². The Kier molecular flexibility index (Phi) is 4.33. The van der Waals surface area contributed by atoms with Crippen molar-refractivity contribution < 1.29 is 4.79 Å². The van der Waals surface area contributed by atoms with E-state index in [-0.39, 0.29) is 17.5 Å². The Morgan fingerprint density at radius 1 is 1.33 bits per heavy atom. The van der Waals surface area contributed by atoms with Gasteiger partial charge >= 0.3 is 0 Å². The Morgan fingerprint density at radius 2 is 2.08 bits per heavy atom. The number of nitrogens with one attached hydrogen (secondary N) is 1. The maximum Gasteiger partial charge on any atom is 0.237 e. The largest absolute Gasteiger partial charge is 0.326 e. The summed E-state index contributed by atoms with van der Waals surface area (Å²) in [6.45, 7) is 3.46. The second kappa shape index (κ2) is 6.21. The second-order valence-corrected chi connectivity index (χ2v) is 10.3. The van der Waals surface area contributed by atoms with Crippen LogP contribution >= 0.6 is 11.8 Å². The molecule has 0 aromatic rings. The molecule has 4 nitrogen and oxygen atoms in total. The van der Waals surface area contributed by atoms with Crippen molar-refractivity contribution in [2.75, 3.05) is 18.8 Å². The predicted molar refractivity (Wildman–Crippen MR) is 96.6 cm³/mol. The number of carbonyl (C=O) groups excluding carboxylic acids is 1. The zero-order valence-electron chi connectivity index (χ0n) is 14.7. The van der Waals surface area contributed by atoms with Gasteiger partial charge in [-0.05, 0) is 69.0 Å². The van der Waals surface area contributed by atoms with Gasteiger partial charge in [0, 0.05) is 16.8 Å². The van der Waals surface area contributed by atoms with Crippen LogP contribution in [0.2, 0.25) is 0 Å². The molecule has 5 fully saturated rings. The molecular formula is C19H29N3OS. The molecule has 5 rings (SSSR count). The number of rotatable bonds is 5. The van der Waals surface area contributed by atoms with Crippen molar-refractivity contribution in [1.82, 2.24) is 10.2 Å². The highest BCUT2D eigenvalue weighted by molar-refractivity contribution is 8.00. The molecule has 1 amide bonds. The number of amides is 1. The molecule has 1 saturated heterocycles. The molecule has 1 N–H and O–H groups in total. The van der Waals surface area contributed by atoms with E-state index in [1.165, 1.54) is 44.3 Å². The van der Waals surface area contributed by atoms with Gasteiger partial charge < -0.3 is 10.2 Å². The third kappa shape index (κ3) is 2.86. The molecule has 5 aliphatic rings. The summed E-state index contributed by atoms with van der Waals surface area (Å²) >= 11 is 2.17. The molecule has 0 radical (unpaired) electrons. The number of carbonyl (C=O) groups is 1. The molecule has 3 unspecified atom stereocenters. The van der Waals surface area contributed by atoms with E-state index in [2.05, 4.69) is 30.1 Å². The fourth-order valence-corrected chi connectivity index (χ4v) is 8.12. The van der Waals surface area contributed by atoms with Crippen molar-refractivity contribution >= 4 is 17.7 Å². The number of nitrogens with zero attached hydrogens (tertiary/aromatic N) is 2. The minimum absolute atomic E-state index is 0.131. The second-order valence-electron chi connectivity index (χ2n) is 8.59. The molecule has 132 valence electrons. The van der Waals surface area contributed by atoms with E-state index in [0.29, 0.717) is 11.3 Å². The average Bonchev–Trinajstić information content (AvgIpc) is 3.00. The Labute approximate surface area is 149 Å². The Bertz CT molecular complexity index is 543. The molecule has 5 atom stereocenters. The summed E-state index contributed by atoms with van der Waals surface area (Å²) in [5, 5.41) is 12.9. The third-order valence-electron chi connectivity index (χ3n) is 6.79. The van der Waals surface area contributed by atoms with Crippen molar-refractivity contribution in [2.45, 2.75) is 74.6 Å². The Hall–Kier alpha value is -0.730. The summed E-state index contributed by atoms with van der Waals surface area (Å²) < 4.78 is 0.470. The summed E-state index contributed by atoms with van der Waals surface area (Å²) in [7, 11) is 0. The van der Waals surface area contributed by atoms with Gasteiger partial charge in [-0.1, -0.05) is 6.92 Å². The zero-order chi connectivity index (χ0) is 16.8. The van der Waals surface area contributed by atoms with Crippen LogP contribution in [0.4, 0.5) is 0 Å². The number of nitriles is 1. The normalized spacial score (nSPS) is 43.2. The predicted octanol–water partition coefficient (Wildman–Crippen LogP) is 2.94. The standard InChI is InChI=1S/C19H29N3OS/c1-2-24-19-9-14-6-15(10-19)8-18(7-14,13-19)21-12-17(23)22-5-3-4-16(22)11-20/h14-16,21H,2-10,12-13H2,1H3/t14-,15?,16-,18?,19?/m0/s1. The number of thioether (sulfide) groups is 1. The molecule has 1 heterocycles. The molecule has 0 aromatic carbocycles. The molecule has 4 saturated carbocycles. The lowest BCUT2D eigenvalue weighted by Crippen LogP contribution is -2.64. The highest BCUT2D eigenvalue weighted by Gasteiger charge is 2.57. The molecule has 1 aliphatic heterocycles. The summed E-state index contributed by atoms with van der Waals surface area (Å²) in [5.74, 6) is 3.04. The topological polar surface area (TPSA) is 56.1 Å². The van der Waals surface area contributed by atoms with Gasteiger partial charge in [0.15, 0.2) is 0 Å². The molecule has 0 spiro atoms. The van der Waals surface area contributed by atoms with Gasteiger partial charge in [0.2, 0.25) is 5.91 Å². The maximum atomic E-state index is 12.6. The summed E-state index contributed by atoms with van der Waals surface area (Å²) in [6.07, 6.45) is 9.74. The van der Waals surface area contributed by atoms with E-state index >= 15 is 0 Å². The van der Waals surface area contributed by atoms with Gasteiger partial charge in [-0.15, -0.1) is 0 Å². The number of hydrogen-bond donors (Lipinski definition) is 1. The van der Waals surface area contributed by atoms with Crippen LogP contribution in [0.1, 0.15) is 58.3 Å². The van der Waals surface area contributed by atoms with Crippen LogP contribution in [0, 0.1) is 23.2 Å². The first-order valence-electron chi connectivity index (χ1n) is 9.65. The zero-order valence-corrected chi connectivity index (χ0v) is 15.5. The van der Waals surface area contributed by atoms with Crippen LogP contribution in [0.25, 0.3) is 0 Å². The van der Waals surface area contributed by atoms with Crippen LogP contribution in [0.3, 0.4) is 0 Å². The highest BCUT2D eigenvalue weighted by atomic mass is 32.2. The lowest BCUT2D eigenvalue weighted by molar-refractivity contribution is -0.131. The van der Waals surface area contributed by atoms with Crippen molar-refractivity contribution in [3.63, 3.8) is 0 Å². The minimum atomic E-state index is -0.197. The van der Waals surface area contributed by atoms with E-state index in [4.69, 9.17) is 0 Å². The van der Waals surface area contributed by atoms with E-state index in [1.54, 1.807) is 4.90 Å². The SMILES string of the molecule is CCSC12CC3C[C@@H](CC(NCC(=O)N4CCC[C@H]4C#N)(C3)C1)C2. The minimum Gasteiger partial charge on any atom is -0.326 e. The molecule has 4 aliphatic carbocycles. The van der Waals surface area contributed by atoms with Crippen LogP contribution < -0.4 is 5.32 Å². The quantitative estimate of drug-likeness (QED) is 0.831. The van der Waals surface area contributed by atoms with Gasteiger partial charge in [-0.2, -0.15) is 17.0 Å². The van der Waals surface area contributed by atoms with Gasteiger partial charge in [0.05, 0.1) is 12.6 Å². The summed E-state index contributed by atoms with van der Waals surface area (Å²) in [4.78, 5) is 14.4. The highest BCUT2D eigenvalue weighted by Crippen LogP contribution is 2.62. The van der Waals surface area contributed by atoms with Gasteiger partial charge in [-0.25, -0.2) is 0 Å².